The van der Waals surface area contributed by atoms with Crippen LogP contribution in [0.15, 0.2) is 30.0 Å². The number of amidine groups is 1. The molecule has 0 amide bonds. The highest BCUT2D eigenvalue weighted by Crippen LogP contribution is 2.23. The van der Waals surface area contributed by atoms with E-state index in [1.165, 1.54) is 0 Å². The van der Waals surface area contributed by atoms with Crippen LogP contribution < -0.4 is 4.74 Å². The van der Waals surface area contributed by atoms with E-state index in [0.29, 0.717) is 6.61 Å². The molecule has 0 aromatic carbocycles. The fourth-order valence-corrected chi connectivity index (χ4v) is 1.68. The standard InChI is InChI=1S/C12H15N3O/c1-4-13-12-10-8-14-9(2)7-11(10)16-6-5-15(12)3/h4,7-8H,1,5-6H2,2-3H3. The second kappa shape index (κ2) is 4.35. The van der Waals surface area contributed by atoms with Gasteiger partial charge in [0.15, 0.2) is 0 Å². The molecule has 0 aliphatic carbocycles. The Balaban J connectivity index is 2.54. The molecule has 4 heteroatoms. The van der Waals surface area contributed by atoms with Crippen molar-refractivity contribution >= 4 is 5.84 Å². The lowest BCUT2D eigenvalue weighted by molar-refractivity contribution is 0.294. The van der Waals surface area contributed by atoms with Gasteiger partial charge in [0.25, 0.3) is 0 Å². The van der Waals surface area contributed by atoms with E-state index in [1.807, 2.05) is 24.9 Å². The number of aliphatic imine (C=N–C) groups is 1. The monoisotopic (exact) mass is 217 g/mol. The maximum atomic E-state index is 5.68. The minimum Gasteiger partial charge on any atom is -0.491 e. The zero-order valence-electron chi connectivity index (χ0n) is 9.60. The van der Waals surface area contributed by atoms with Crippen LogP contribution in [0.3, 0.4) is 0 Å². The third-order valence-electron chi connectivity index (χ3n) is 2.50. The maximum absolute atomic E-state index is 5.68. The van der Waals surface area contributed by atoms with Gasteiger partial charge in [0.05, 0.1) is 12.1 Å². The Morgan fingerprint density at radius 1 is 1.62 bits per heavy atom. The van der Waals surface area contributed by atoms with Gasteiger partial charge < -0.3 is 9.64 Å². The summed E-state index contributed by atoms with van der Waals surface area (Å²) in [6, 6.07) is 1.94. The number of hydrogen-bond acceptors (Lipinski definition) is 3. The molecule has 0 spiro atoms. The number of fused-ring (bicyclic) bond motifs is 1. The minimum absolute atomic E-state index is 0.656. The SMILES string of the molecule is C=CN=C1c2cnc(C)cc2OCCN1C. The van der Waals surface area contributed by atoms with Gasteiger partial charge >= 0.3 is 0 Å². The van der Waals surface area contributed by atoms with Gasteiger partial charge in [-0.2, -0.15) is 0 Å². The number of nitrogens with zero attached hydrogens (tertiary/aromatic N) is 3. The van der Waals surface area contributed by atoms with E-state index in [2.05, 4.69) is 16.6 Å². The van der Waals surface area contributed by atoms with Crippen molar-refractivity contribution in [3.63, 3.8) is 0 Å². The molecule has 4 nitrogen and oxygen atoms in total. The third-order valence-corrected chi connectivity index (χ3v) is 2.50. The number of ether oxygens (including phenoxy) is 1. The Bertz CT molecular complexity index is 440. The van der Waals surface area contributed by atoms with Crippen molar-refractivity contribution in [3.05, 3.63) is 36.3 Å². The van der Waals surface area contributed by atoms with Crippen LogP contribution in [0.25, 0.3) is 0 Å². The van der Waals surface area contributed by atoms with Gasteiger partial charge in [-0.3, -0.25) is 4.98 Å². The molecule has 0 bridgehead atoms. The van der Waals surface area contributed by atoms with E-state index < -0.39 is 0 Å². The first kappa shape index (κ1) is 10.7. The van der Waals surface area contributed by atoms with Gasteiger partial charge in [-0.05, 0) is 6.92 Å². The average Bonchev–Trinajstić information content (AvgIpc) is 2.40. The predicted octanol–water partition coefficient (Wildman–Crippen LogP) is 1.60. The van der Waals surface area contributed by atoms with Gasteiger partial charge in [-0.15, -0.1) is 0 Å². The summed E-state index contributed by atoms with van der Waals surface area (Å²) in [5, 5.41) is 0. The van der Waals surface area contributed by atoms with Crippen molar-refractivity contribution in [1.82, 2.24) is 9.88 Å². The van der Waals surface area contributed by atoms with E-state index in [9.17, 15) is 0 Å². The molecule has 0 radical (unpaired) electrons. The smallest absolute Gasteiger partial charge is 0.140 e. The topological polar surface area (TPSA) is 37.7 Å². The molecular formula is C12H15N3O. The lowest BCUT2D eigenvalue weighted by Crippen LogP contribution is -2.28. The second-order valence-corrected chi connectivity index (χ2v) is 3.73. The Labute approximate surface area is 95.3 Å². The normalized spacial score (nSPS) is 17.6. The van der Waals surface area contributed by atoms with Gasteiger partial charge in [0, 0.05) is 31.2 Å². The number of aryl methyl sites for hydroxylation is 1. The first-order valence-corrected chi connectivity index (χ1v) is 5.22. The lowest BCUT2D eigenvalue weighted by Gasteiger charge is -2.16. The largest absolute Gasteiger partial charge is 0.491 e. The van der Waals surface area contributed by atoms with Gasteiger partial charge in [-0.25, -0.2) is 4.99 Å². The predicted molar refractivity (Wildman–Crippen MR) is 63.8 cm³/mol. The summed E-state index contributed by atoms with van der Waals surface area (Å²) in [5.41, 5.74) is 1.87. The fourth-order valence-electron chi connectivity index (χ4n) is 1.68. The highest BCUT2D eigenvalue weighted by molar-refractivity contribution is 6.01. The molecule has 1 aromatic rings. The lowest BCUT2D eigenvalue weighted by atomic mass is 10.2. The van der Waals surface area contributed by atoms with Gasteiger partial charge in [0.2, 0.25) is 0 Å². The average molecular weight is 217 g/mol. The molecule has 0 N–H and O–H groups in total. The number of pyridine rings is 1. The van der Waals surface area contributed by atoms with E-state index in [0.717, 1.165) is 29.4 Å². The molecule has 0 fully saturated rings. The van der Waals surface area contributed by atoms with Crippen LogP contribution in [-0.2, 0) is 0 Å². The molecule has 2 rings (SSSR count). The van der Waals surface area contributed by atoms with Crippen molar-refractivity contribution in [3.8, 4) is 5.75 Å². The van der Waals surface area contributed by atoms with Crippen LogP contribution in [0.2, 0.25) is 0 Å². The highest BCUT2D eigenvalue weighted by atomic mass is 16.5. The molecule has 2 heterocycles. The summed E-state index contributed by atoms with van der Waals surface area (Å²) in [4.78, 5) is 10.6. The van der Waals surface area contributed by atoms with Gasteiger partial charge in [-0.1, -0.05) is 6.58 Å². The Hall–Kier alpha value is -1.84. The van der Waals surface area contributed by atoms with Gasteiger partial charge in [0.1, 0.15) is 18.2 Å². The number of aromatic nitrogens is 1. The summed E-state index contributed by atoms with van der Waals surface area (Å²) >= 11 is 0. The second-order valence-electron chi connectivity index (χ2n) is 3.73. The molecule has 0 saturated carbocycles. The number of hydrogen-bond donors (Lipinski definition) is 0. The molecule has 1 aromatic heterocycles. The Kier molecular flexibility index (Phi) is 2.90. The van der Waals surface area contributed by atoms with Crippen molar-refractivity contribution in [1.29, 1.82) is 0 Å². The van der Waals surface area contributed by atoms with Crippen LogP contribution in [0.4, 0.5) is 0 Å². The third kappa shape index (κ3) is 1.91. The maximum Gasteiger partial charge on any atom is 0.140 e. The first-order chi connectivity index (χ1) is 7.72. The molecule has 1 aliphatic heterocycles. The summed E-state index contributed by atoms with van der Waals surface area (Å²) < 4.78 is 5.68. The quantitative estimate of drug-likeness (QED) is 0.717. The molecule has 84 valence electrons. The van der Waals surface area contributed by atoms with E-state index in [-0.39, 0.29) is 0 Å². The summed E-state index contributed by atoms with van der Waals surface area (Å²) in [7, 11) is 1.99. The number of likely N-dealkylation sites (N-methyl/N-ethyl adjacent to an activating group) is 1. The molecule has 1 aliphatic rings. The van der Waals surface area contributed by atoms with E-state index >= 15 is 0 Å². The Morgan fingerprint density at radius 3 is 3.19 bits per heavy atom. The summed E-state index contributed by atoms with van der Waals surface area (Å²) in [6.45, 7) is 7.04. The van der Waals surface area contributed by atoms with Crippen molar-refractivity contribution in [2.75, 3.05) is 20.2 Å². The minimum atomic E-state index is 0.656. The molecule has 0 unspecified atom stereocenters. The zero-order chi connectivity index (χ0) is 11.5. The highest BCUT2D eigenvalue weighted by Gasteiger charge is 2.19. The van der Waals surface area contributed by atoms with Crippen LogP contribution in [0, 0.1) is 6.92 Å². The molecule has 0 saturated heterocycles. The summed E-state index contributed by atoms with van der Waals surface area (Å²) in [5.74, 6) is 1.70. The molecule has 0 atom stereocenters. The van der Waals surface area contributed by atoms with Crippen LogP contribution >= 0.6 is 0 Å². The number of rotatable bonds is 1. The van der Waals surface area contributed by atoms with Crippen molar-refractivity contribution in [2.24, 2.45) is 4.99 Å². The molecular weight excluding hydrogens is 202 g/mol. The van der Waals surface area contributed by atoms with Crippen LogP contribution in [-0.4, -0.2) is 35.9 Å². The first-order valence-electron chi connectivity index (χ1n) is 5.22. The van der Waals surface area contributed by atoms with E-state index in [1.54, 1.807) is 12.4 Å². The van der Waals surface area contributed by atoms with Crippen LogP contribution in [0.1, 0.15) is 11.3 Å². The fraction of sp³-hybridized carbons (Fsp3) is 0.333. The molecule has 16 heavy (non-hydrogen) atoms. The Morgan fingerprint density at radius 2 is 2.44 bits per heavy atom. The van der Waals surface area contributed by atoms with Crippen molar-refractivity contribution < 1.29 is 4.74 Å². The summed E-state index contributed by atoms with van der Waals surface area (Å²) in [6.07, 6.45) is 3.34. The van der Waals surface area contributed by atoms with Crippen LogP contribution in [0.5, 0.6) is 5.75 Å². The van der Waals surface area contributed by atoms with Crippen molar-refractivity contribution in [2.45, 2.75) is 6.92 Å². The zero-order valence-corrected chi connectivity index (χ0v) is 9.60. The van der Waals surface area contributed by atoms with E-state index in [4.69, 9.17) is 4.74 Å².